The van der Waals surface area contributed by atoms with Gasteiger partial charge >= 0.3 is 0 Å². The fraction of sp³-hybridized carbons (Fsp3) is 0.591. The molecule has 0 N–H and O–H groups in total. The van der Waals surface area contributed by atoms with Crippen molar-refractivity contribution in [2.45, 2.75) is 44.1 Å². The molecule has 0 aliphatic carbocycles. The Morgan fingerprint density at radius 3 is 2.81 bits per heavy atom. The molecular formula is C22H28FN3O5. The van der Waals surface area contributed by atoms with Crippen molar-refractivity contribution in [3.8, 4) is 5.75 Å². The molecule has 1 aromatic heterocycles. The van der Waals surface area contributed by atoms with Gasteiger partial charge in [0.2, 0.25) is 5.89 Å². The standard InChI is InChI=1S/C22H28FN3O5/c23-17-3-5-18(6-4-17)30-15-21(27)26-10-1-2-19(14-26)29-13-9-20-24-22(31-25-20)16-7-11-28-12-8-16/h3-6,16,19H,1-2,7-15H2. The first-order valence-corrected chi connectivity index (χ1v) is 10.9. The zero-order valence-electron chi connectivity index (χ0n) is 17.5. The van der Waals surface area contributed by atoms with Crippen LogP contribution in [0, 0.1) is 5.82 Å². The number of rotatable bonds is 8. The van der Waals surface area contributed by atoms with Crippen LogP contribution in [0.15, 0.2) is 28.8 Å². The first-order valence-electron chi connectivity index (χ1n) is 10.9. The number of aromatic nitrogens is 2. The number of carbonyl (C=O) groups is 1. The summed E-state index contributed by atoms with van der Waals surface area (Å²) in [5, 5.41) is 4.06. The summed E-state index contributed by atoms with van der Waals surface area (Å²) in [6.07, 6.45) is 4.16. The van der Waals surface area contributed by atoms with Crippen molar-refractivity contribution in [1.29, 1.82) is 0 Å². The second-order valence-electron chi connectivity index (χ2n) is 7.90. The molecule has 2 aliphatic heterocycles. The van der Waals surface area contributed by atoms with Gasteiger partial charge in [-0.2, -0.15) is 4.98 Å². The van der Waals surface area contributed by atoms with Crippen molar-refractivity contribution in [2.24, 2.45) is 0 Å². The smallest absolute Gasteiger partial charge is 0.260 e. The quantitative estimate of drug-likeness (QED) is 0.633. The zero-order valence-corrected chi connectivity index (χ0v) is 17.5. The minimum Gasteiger partial charge on any atom is -0.484 e. The fourth-order valence-electron chi connectivity index (χ4n) is 3.86. The minimum absolute atomic E-state index is 0.0228. The first kappa shape index (κ1) is 21.7. The van der Waals surface area contributed by atoms with Crippen LogP contribution in [0.4, 0.5) is 4.39 Å². The second-order valence-corrected chi connectivity index (χ2v) is 7.90. The molecule has 0 saturated carbocycles. The molecule has 1 aromatic carbocycles. The maximum atomic E-state index is 13.0. The second kappa shape index (κ2) is 10.7. The van der Waals surface area contributed by atoms with E-state index in [4.69, 9.17) is 18.7 Å². The number of benzene rings is 1. The average molecular weight is 433 g/mol. The minimum atomic E-state index is -0.338. The lowest BCUT2D eigenvalue weighted by molar-refractivity contribution is -0.137. The van der Waals surface area contributed by atoms with E-state index in [1.165, 1.54) is 24.3 Å². The molecule has 1 unspecified atom stereocenters. The number of halogens is 1. The molecule has 2 aromatic rings. The monoisotopic (exact) mass is 433 g/mol. The van der Waals surface area contributed by atoms with Crippen LogP contribution in [0.25, 0.3) is 0 Å². The zero-order chi connectivity index (χ0) is 21.5. The molecule has 3 heterocycles. The number of hydrogen-bond acceptors (Lipinski definition) is 7. The van der Waals surface area contributed by atoms with Gasteiger partial charge in [0, 0.05) is 38.6 Å². The van der Waals surface area contributed by atoms with E-state index in [-0.39, 0.29) is 30.4 Å². The maximum Gasteiger partial charge on any atom is 0.260 e. The number of amides is 1. The van der Waals surface area contributed by atoms with E-state index in [1.807, 2.05) is 0 Å². The highest BCUT2D eigenvalue weighted by Crippen LogP contribution is 2.25. The normalized spacial score (nSPS) is 20.0. The van der Waals surface area contributed by atoms with E-state index in [0.29, 0.717) is 43.6 Å². The van der Waals surface area contributed by atoms with Gasteiger partial charge in [0.05, 0.1) is 12.7 Å². The molecule has 2 fully saturated rings. The molecule has 2 aliphatic rings. The van der Waals surface area contributed by atoms with Gasteiger partial charge in [-0.25, -0.2) is 4.39 Å². The van der Waals surface area contributed by atoms with Crippen molar-refractivity contribution in [3.05, 3.63) is 41.8 Å². The Morgan fingerprint density at radius 2 is 2.00 bits per heavy atom. The van der Waals surface area contributed by atoms with Crippen LogP contribution in [0.1, 0.15) is 43.3 Å². The summed E-state index contributed by atoms with van der Waals surface area (Å²) in [5.41, 5.74) is 0. The largest absolute Gasteiger partial charge is 0.484 e. The number of carbonyl (C=O) groups excluding carboxylic acids is 1. The highest BCUT2D eigenvalue weighted by molar-refractivity contribution is 5.77. The molecule has 0 spiro atoms. The summed E-state index contributed by atoms with van der Waals surface area (Å²) < 4.78 is 35.2. The van der Waals surface area contributed by atoms with Gasteiger partial charge in [0.25, 0.3) is 5.91 Å². The molecule has 31 heavy (non-hydrogen) atoms. The molecule has 1 atom stereocenters. The Labute approximate surface area is 180 Å². The molecule has 0 radical (unpaired) electrons. The van der Waals surface area contributed by atoms with E-state index in [9.17, 15) is 9.18 Å². The molecule has 0 bridgehead atoms. The summed E-state index contributed by atoms with van der Waals surface area (Å²) >= 11 is 0. The lowest BCUT2D eigenvalue weighted by Crippen LogP contribution is -2.45. The van der Waals surface area contributed by atoms with Crippen LogP contribution in [-0.4, -0.2) is 66.6 Å². The molecule has 2 saturated heterocycles. The van der Waals surface area contributed by atoms with Gasteiger partial charge in [0.15, 0.2) is 12.4 Å². The van der Waals surface area contributed by atoms with E-state index in [2.05, 4.69) is 10.1 Å². The van der Waals surface area contributed by atoms with Gasteiger partial charge in [0.1, 0.15) is 11.6 Å². The summed E-state index contributed by atoms with van der Waals surface area (Å²) in [7, 11) is 0. The highest BCUT2D eigenvalue weighted by atomic mass is 19.1. The maximum absolute atomic E-state index is 13.0. The Kier molecular flexibility index (Phi) is 7.48. The van der Waals surface area contributed by atoms with E-state index < -0.39 is 0 Å². The van der Waals surface area contributed by atoms with Crippen molar-refractivity contribution >= 4 is 5.91 Å². The topological polar surface area (TPSA) is 86.9 Å². The summed E-state index contributed by atoms with van der Waals surface area (Å²) in [4.78, 5) is 18.7. The van der Waals surface area contributed by atoms with Crippen molar-refractivity contribution in [2.75, 3.05) is 39.5 Å². The van der Waals surface area contributed by atoms with Crippen molar-refractivity contribution < 1.29 is 27.9 Å². The Bertz CT molecular complexity index is 838. The average Bonchev–Trinajstić information content (AvgIpc) is 3.28. The Morgan fingerprint density at radius 1 is 1.19 bits per heavy atom. The molecule has 9 heteroatoms. The van der Waals surface area contributed by atoms with Crippen molar-refractivity contribution in [1.82, 2.24) is 15.0 Å². The number of ether oxygens (including phenoxy) is 3. The van der Waals surface area contributed by atoms with Gasteiger partial charge < -0.3 is 23.6 Å². The van der Waals surface area contributed by atoms with Crippen LogP contribution in [0.2, 0.25) is 0 Å². The molecule has 1 amide bonds. The fourth-order valence-corrected chi connectivity index (χ4v) is 3.86. The van der Waals surface area contributed by atoms with Crippen LogP contribution < -0.4 is 4.74 Å². The first-order chi connectivity index (χ1) is 15.2. The van der Waals surface area contributed by atoms with Gasteiger partial charge in [-0.1, -0.05) is 5.16 Å². The third-order valence-corrected chi connectivity index (χ3v) is 5.64. The highest BCUT2D eigenvalue weighted by Gasteiger charge is 2.25. The number of hydrogen-bond donors (Lipinski definition) is 0. The van der Waals surface area contributed by atoms with Crippen LogP contribution in [-0.2, 0) is 20.7 Å². The van der Waals surface area contributed by atoms with Gasteiger partial charge in [-0.15, -0.1) is 0 Å². The Hall–Kier alpha value is -2.52. The number of likely N-dealkylation sites (tertiary alicyclic amines) is 1. The molecule has 168 valence electrons. The summed E-state index contributed by atoms with van der Waals surface area (Å²) in [6.45, 7) is 3.09. The lowest BCUT2D eigenvalue weighted by atomic mass is 10.0. The Balaban J connectivity index is 1.18. The molecular weight excluding hydrogens is 405 g/mol. The lowest BCUT2D eigenvalue weighted by Gasteiger charge is -2.32. The number of nitrogens with zero attached hydrogens (tertiary/aromatic N) is 3. The van der Waals surface area contributed by atoms with Crippen LogP contribution >= 0.6 is 0 Å². The van der Waals surface area contributed by atoms with E-state index in [0.717, 1.165) is 38.9 Å². The van der Waals surface area contributed by atoms with E-state index >= 15 is 0 Å². The van der Waals surface area contributed by atoms with Crippen LogP contribution in [0.5, 0.6) is 5.75 Å². The number of piperidine rings is 1. The molecule has 4 rings (SSSR count). The predicted molar refractivity (Wildman–Crippen MR) is 108 cm³/mol. The van der Waals surface area contributed by atoms with Crippen LogP contribution in [0.3, 0.4) is 0 Å². The van der Waals surface area contributed by atoms with E-state index in [1.54, 1.807) is 4.90 Å². The SMILES string of the molecule is O=C(COc1ccc(F)cc1)N1CCCC(OCCc2noc(C3CCOCC3)n2)C1. The molecule has 8 nitrogen and oxygen atoms in total. The third-order valence-electron chi connectivity index (χ3n) is 5.64. The summed E-state index contributed by atoms with van der Waals surface area (Å²) in [5.74, 6) is 1.66. The van der Waals surface area contributed by atoms with Crippen molar-refractivity contribution in [3.63, 3.8) is 0 Å². The summed E-state index contributed by atoms with van der Waals surface area (Å²) in [6, 6.07) is 5.63. The third kappa shape index (κ3) is 6.24. The van der Waals surface area contributed by atoms with Gasteiger partial charge in [-0.3, -0.25) is 4.79 Å². The predicted octanol–water partition coefficient (Wildman–Crippen LogP) is 2.73. The van der Waals surface area contributed by atoms with Gasteiger partial charge in [-0.05, 0) is 49.9 Å².